The van der Waals surface area contributed by atoms with E-state index in [2.05, 4.69) is 102 Å². The van der Waals surface area contributed by atoms with Crippen molar-refractivity contribution in [3.05, 3.63) is 66.3 Å². The Hall–Kier alpha value is -2.35. The van der Waals surface area contributed by atoms with Crippen LogP contribution in [-0.2, 0) is 34.5 Å². The maximum absolute atomic E-state index is 13.9. The summed E-state index contributed by atoms with van der Waals surface area (Å²) in [6.45, 7) is 36.5. The number of aliphatic hydroxyl groups is 1. The van der Waals surface area contributed by atoms with Gasteiger partial charge in [0.25, 0.3) is 0 Å². The molecule has 9 atom stereocenters. The maximum atomic E-state index is 13.9. The first-order chi connectivity index (χ1) is 28.4. The van der Waals surface area contributed by atoms with Gasteiger partial charge in [-0.25, -0.2) is 4.79 Å². The summed E-state index contributed by atoms with van der Waals surface area (Å²) in [5.74, 6) is 1.95. The number of methoxy groups -OCH3 is 1. The number of carbonyl (C=O) groups excluding carboxylic acids is 2. The van der Waals surface area contributed by atoms with Gasteiger partial charge in [0, 0.05) is 6.42 Å². The molecule has 1 aliphatic rings. The predicted octanol–water partition coefficient (Wildman–Crippen LogP) is 12.7. The maximum Gasteiger partial charge on any atom is 0.336 e. The van der Waals surface area contributed by atoms with E-state index in [9.17, 15) is 14.7 Å². The van der Waals surface area contributed by atoms with E-state index in [0.29, 0.717) is 49.4 Å². The van der Waals surface area contributed by atoms with Crippen molar-refractivity contribution in [1.82, 2.24) is 0 Å². The molecule has 0 unspecified atom stereocenters. The molecule has 8 nitrogen and oxygen atoms in total. The molecule has 0 heterocycles. The van der Waals surface area contributed by atoms with E-state index >= 15 is 0 Å². The van der Waals surface area contributed by atoms with Crippen LogP contribution in [0, 0.1) is 35.5 Å². The molecule has 1 aromatic rings. The molecule has 0 aromatic heterocycles. The van der Waals surface area contributed by atoms with Crippen molar-refractivity contribution in [2.45, 2.75) is 182 Å². The topological polar surface area (TPSA) is 101 Å². The van der Waals surface area contributed by atoms with Crippen molar-refractivity contribution < 1.29 is 37.8 Å². The predicted molar refractivity (Wildman–Crippen MR) is 258 cm³/mol. The summed E-state index contributed by atoms with van der Waals surface area (Å²) in [7, 11) is -2.72. The minimum Gasteiger partial charge on any atom is -0.497 e. The SMILES string of the molecule is C=CCOC(=O)/C(=C/C=C/C[C@H](O)[C@@H]1CCC[C@H]1COCc1ccc(OC)cc1)[C@@H](O[Si](C)(C)C(C)(C)C)[C@@H](C)C[C@H](C)C[C@H](C)C[C@H](C)[C@H](CC=O)O[Si](C)(C)C(C)(C)C. The third-order valence-electron chi connectivity index (χ3n) is 13.9. The minimum absolute atomic E-state index is 0.0251. The summed E-state index contributed by atoms with van der Waals surface area (Å²) in [5.41, 5.74) is 1.60. The molecule has 1 N–H and O–H groups in total. The molecule has 10 heteroatoms. The van der Waals surface area contributed by atoms with E-state index in [1.165, 1.54) is 0 Å². The Morgan fingerprint density at radius 1 is 0.869 bits per heavy atom. The lowest BCUT2D eigenvalue weighted by Gasteiger charge is -2.42. The molecule has 0 spiro atoms. The molecule has 1 aliphatic carbocycles. The molecule has 1 aromatic carbocycles. The molecular weight excluding hydrogens is 797 g/mol. The molecule has 0 aliphatic heterocycles. The van der Waals surface area contributed by atoms with Crippen LogP contribution in [0.3, 0.4) is 0 Å². The van der Waals surface area contributed by atoms with Gasteiger partial charge < -0.3 is 33.0 Å². The Morgan fingerprint density at radius 2 is 1.46 bits per heavy atom. The van der Waals surface area contributed by atoms with E-state index in [0.717, 1.165) is 56.1 Å². The van der Waals surface area contributed by atoms with Gasteiger partial charge in [-0.1, -0.05) is 113 Å². The smallest absolute Gasteiger partial charge is 0.336 e. The second-order valence-electron chi connectivity index (χ2n) is 21.4. The summed E-state index contributed by atoms with van der Waals surface area (Å²) in [5, 5.41) is 11.4. The number of carbonyl (C=O) groups is 2. The third-order valence-corrected chi connectivity index (χ3v) is 22.9. The average molecular weight is 885 g/mol. The lowest BCUT2D eigenvalue weighted by Crippen LogP contribution is -2.47. The summed E-state index contributed by atoms with van der Waals surface area (Å²) in [6.07, 6.45) is 14.2. The van der Waals surface area contributed by atoms with Gasteiger partial charge in [-0.15, -0.1) is 0 Å². The Balaban J connectivity index is 2.25. The fourth-order valence-corrected chi connectivity index (χ4v) is 11.1. The lowest BCUT2D eigenvalue weighted by atomic mass is 9.82. The van der Waals surface area contributed by atoms with Crippen LogP contribution in [0.15, 0.2) is 60.7 Å². The third kappa shape index (κ3) is 18.0. The second-order valence-corrected chi connectivity index (χ2v) is 31.0. The Bertz CT molecular complexity index is 1520. The van der Waals surface area contributed by atoms with Gasteiger partial charge >= 0.3 is 5.97 Å². The van der Waals surface area contributed by atoms with Crippen molar-refractivity contribution in [2.75, 3.05) is 20.3 Å². The zero-order valence-corrected chi connectivity index (χ0v) is 43.2. The van der Waals surface area contributed by atoms with Crippen molar-refractivity contribution in [3.63, 3.8) is 0 Å². The van der Waals surface area contributed by atoms with Crippen LogP contribution >= 0.6 is 0 Å². The Kier molecular flexibility index (Phi) is 22.7. The van der Waals surface area contributed by atoms with E-state index < -0.39 is 34.8 Å². The summed E-state index contributed by atoms with van der Waals surface area (Å²) >= 11 is 0. The fraction of sp³-hybridized carbons (Fsp3) is 0.725. The van der Waals surface area contributed by atoms with Gasteiger partial charge in [0.2, 0.25) is 0 Å². The summed E-state index contributed by atoms with van der Waals surface area (Å²) in [4.78, 5) is 25.7. The number of hydrogen-bond donors (Lipinski definition) is 1. The molecule has 0 amide bonds. The molecule has 1 saturated carbocycles. The number of esters is 1. The van der Waals surface area contributed by atoms with Crippen LogP contribution in [0.4, 0.5) is 0 Å². The van der Waals surface area contributed by atoms with E-state index in [4.69, 9.17) is 23.1 Å². The van der Waals surface area contributed by atoms with E-state index in [-0.39, 0.29) is 40.5 Å². The quantitative estimate of drug-likeness (QED) is 0.0233. The van der Waals surface area contributed by atoms with Crippen LogP contribution in [0.2, 0.25) is 36.3 Å². The number of hydrogen-bond acceptors (Lipinski definition) is 8. The molecule has 1 fully saturated rings. The number of aliphatic hydroxyl groups excluding tert-OH is 1. The van der Waals surface area contributed by atoms with E-state index in [1.54, 1.807) is 13.2 Å². The highest BCUT2D eigenvalue weighted by molar-refractivity contribution is 6.74. The first-order valence-corrected chi connectivity index (χ1v) is 29.0. The summed E-state index contributed by atoms with van der Waals surface area (Å²) < 4.78 is 31.1. The molecule has 61 heavy (non-hydrogen) atoms. The molecule has 0 bridgehead atoms. The van der Waals surface area contributed by atoms with Gasteiger partial charge in [-0.2, -0.15) is 0 Å². The van der Waals surface area contributed by atoms with Crippen LogP contribution in [0.1, 0.15) is 126 Å². The summed E-state index contributed by atoms with van der Waals surface area (Å²) in [6, 6.07) is 7.93. The monoisotopic (exact) mass is 885 g/mol. The largest absolute Gasteiger partial charge is 0.497 e. The Morgan fingerprint density at radius 3 is 2.02 bits per heavy atom. The number of aldehydes is 1. The molecule has 0 radical (unpaired) electrons. The van der Waals surface area contributed by atoms with Crippen molar-refractivity contribution in [2.24, 2.45) is 35.5 Å². The highest BCUT2D eigenvalue weighted by Gasteiger charge is 2.43. The highest BCUT2D eigenvalue weighted by atomic mass is 28.4. The fourth-order valence-electron chi connectivity index (χ4n) is 8.34. The van der Waals surface area contributed by atoms with Gasteiger partial charge in [0.1, 0.15) is 18.6 Å². The number of rotatable bonds is 27. The standard InChI is InChI=1S/C51H88O8Si2/c1-17-31-57-49(54)45(22-18-19-24-46(53)44-23-20-21-42(44)36-56-35-41-25-27-43(55-12)28-26-41)48(59-61(15,16)51(9,10)11)40(5)34-38(3)32-37(2)33-39(4)47(29-30-52)58-60(13,14)50(6,7)8/h17-19,22,25-28,30,37-40,42,44,46-48,53H,1,20-21,23-24,29,31-36H2,2-16H3/b19-18+,45-22+/t37-,38+,39-,40-,42-,44+,46-,47-,48-/m0/s1. The highest BCUT2D eigenvalue weighted by Crippen LogP contribution is 2.42. The van der Waals surface area contributed by atoms with Gasteiger partial charge in [0.05, 0.1) is 44.2 Å². The van der Waals surface area contributed by atoms with Crippen LogP contribution < -0.4 is 4.74 Å². The average Bonchev–Trinajstić information content (AvgIpc) is 3.63. The van der Waals surface area contributed by atoms with Gasteiger partial charge in [-0.3, -0.25) is 0 Å². The Labute approximate surface area is 374 Å². The van der Waals surface area contributed by atoms with Crippen LogP contribution in [0.5, 0.6) is 5.75 Å². The zero-order valence-electron chi connectivity index (χ0n) is 41.2. The van der Waals surface area contributed by atoms with Crippen molar-refractivity contribution in [1.29, 1.82) is 0 Å². The van der Waals surface area contributed by atoms with Crippen LogP contribution in [0.25, 0.3) is 0 Å². The first kappa shape index (κ1) is 54.8. The number of benzene rings is 1. The molecular formula is C51H88O8Si2. The normalized spacial score (nSPS) is 20.4. The molecule has 0 saturated heterocycles. The second kappa shape index (κ2) is 25.2. The van der Waals surface area contributed by atoms with Crippen molar-refractivity contribution >= 4 is 28.9 Å². The zero-order chi connectivity index (χ0) is 46.2. The van der Waals surface area contributed by atoms with Crippen molar-refractivity contribution in [3.8, 4) is 5.75 Å². The first-order valence-electron chi connectivity index (χ1n) is 23.2. The molecule has 348 valence electrons. The van der Waals surface area contributed by atoms with Gasteiger partial charge in [-0.05, 0) is 134 Å². The minimum atomic E-state index is -2.35. The van der Waals surface area contributed by atoms with Gasteiger partial charge in [0.15, 0.2) is 16.6 Å². The number of ether oxygens (including phenoxy) is 3. The number of allylic oxidation sites excluding steroid dienone is 2. The van der Waals surface area contributed by atoms with E-state index in [1.807, 2.05) is 42.5 Å². The molecule has 2 rings (SSSR count). The lowest BCUT2D eigenvalue weighted by molar-refractivity contribution is -0.139. The van der Waals surface area contributed by atoms with Crippen LogP contribution in [-0.4, -0.2) is 72.6 Å².